The van der Waals surface area contributed by atoms with Crippen LogP contribution in [-0.2, 0) is 23.8 Å². The summed E-state index contributed by atoms with van der Waals surface area (Å²) >= 11 is 0. The molecule has 1 aliphatic rings. The first-order valence-electron chi connectivity index (χ1n) is 6.55. The number of hydrogen-bond acceptors (Lipinski definition) is 6. The molecule has 0 bridgehead atoms. The molecule has 0 saturated carbocycles. The summed E-state index contributed by atoms with van der Waals surface area (Å²) in [5.74, 6) is -1.50. The van der Waals surface area contributed by atoms with E-state index in [2.05, 4.69) is 0 Å². The lowest BCUT2D eigenvalue weighted by atomic mass is 10.2. The summed E-state index contributed by atoms with van der Waals surface area (Å²) in [5, 5.41) is 0. The molecular weight excluding hydrogens is 288 g/mol. The number of rotatable bonds is 4. The standard InChI is InChI=1S/C16H14O6/c1-11(17)21-13-7-8-15(18)22-14(9-13)10-20-16(19)12-5-3-2-4-6-12/h2-9,14H,10H2,1H3/t14-/m0/s1. The normalized spacial score (nSPS) is 17.0. The molecule has 0 amide bonds. The summed E-state index contributed by atoms with van der Waals surface area (Å²) in [5.41, 5.74) is 0.393. The zero-order chi connectivity index (χ0) is 15.9. The number of benzene rings is 1. The third-order valence-corrected chi connectivity index (χ3v) is 2.65. The SMILES string of the molecule is CC(=O)OC1=C[C@@H](COC(=O)c2ccccc2)OC(=O)C=C1. The summed E-state index contributed by atoms with van der Waals surface area (Å²) < 4.78 is 15.0. The number of carbonyl (C=O) groups is 3. The van der Waals surface area contributed by atoms with Crippen LogP contribution in [-0.4, -0.2) is 30.6 Å². The first kappa shape index (κ1) is 15.5. The Labute approximate surface area is 127 Å². The quantitative estimate of drug-likeness (QED) is 0.623. The van der Waals surface area contributed by atoms with Crippen LogP contribution >= 0.6 is 0 Å². The van der Waals surface area contributed by atoms with Crippen LogP contribution in [0.1, 0.15) is 17.3 Å². The average molecular weight is 302 g/mol. The van der Waals surface area contributed by atoms with Crippen LogP contribution in [0.3, 0.4) is 0 Å². The number of carbonyl (C=O) groups excluding carboxylic acids is 3. The molecule has 0 saturated heterocycles. The van der Waals surface area contributed by atoms with Crippen LogP contribution in [0.15, 0.2) is 54.3 Å². The highest BCUT2D eigenvalue weighted by Gasteiger charge is 2.18. The van der Waals surface area contributed by atoms with Crippen molar-refractivity contribution in [3.8, 4) is 0 Å². The molecule has 0 unspecified atom stereocenters. The second-order valence-electron chi connectivity index (χ2n) is 4.44. The molecule has 1 aromatic carbocycles. The van der Waals surface area contributed by atoms with Gasteiger partial charge in [0.15, 0.2) is 6.10 Å². The van der Waals surface area contributed by atoms with E-state index in [1.54, 1.807) is 30.3 Å². The van der Waals surface area contributed by atoms with Crippen molar-refractivity contribution < 1.29 is 28.6 Å². The highest BCUT2D eigenvalue weighted by atomic mass is 16.6. The van der Waals surface area contributed by atoms with Gasteiger partial charge in [0.2, 0.25) is 0 Å². The topological polar surface area (TPSA) is 78.9 Å². The third-order valence-electron chi connectivity index (χ3n) is 2.65. The van der Waals surface area contributed by atoms with Crippen molar-refractivity contribution in [2.24, 2.45) is 0 Å². The maximum absolute atomic E-state index is 11.8. The van der Waals surface area contributed by atoms with Gasteiger partial charge in [-0.25, -0.2) is 9.59 Å². The average Bonchev–Trinajstić information content (AvgIpc) is 2.67. The van der Waals surface area contributed by atoms with Gasteiger partial charge < -0.3 is 14.2 Å². The van der Waals surface area contributed by atoms with E-state index in [4.69, 9.17) is 14.2 Å². The molecule has 0 aromatic heterocycles. The Balaban J connectivity index is 2.00. The maximum atomic E-state index is 11.8. The molecule has 1 heterocycles. The predicted octanol–water partition coefficient (Wildman–Crippen LogP) is 1.77. The third kappa shape index (κ3) is 4.59. The van der Waals surface area contributed by atoms with E-state index in [0.29, 0.717) is 5.56 Å². The van der Waals surface area contributed by atoms with Gasteiger partial charge >= 0.3 is 17.9 Å². The summed E-state index contributed by atoms with van der Waals surface area (Å²) in [4.78, 5) is 34.2. The van der Waals surface area contributed by atoms with Crippen molar-refractivity contribution >= 4 is 17.9 Å². The van der Waals surface area contributed by atoms with Crippen molar-refractivity contribution in [1.82, 2.24) is 0 Å². The zero-order valence-electron chi connectivity index (χ0n) is 11.9. The summed E-state index contributed by atoms with van der Waals surface area (Å²) in [6.45, 7) is 1.07. The number of ether oxygens (including phenoxy) is 3. The second kappa shape index (κ2) is 7.21. The molecule has 6 heteroatoms. The zero-order valence-corrected chi connectivity index (χ0v) is 11.9. The predicted molar refractivity (Wildman–Crippen MR) is 75.6 cm³/mol. The fourth-order valence-corrected chi connectivity index (χ4v) is 1.74. The van der Waals surface area contributed by atoms with Gasteiger partial charge in [-0.05, 0) is 18.2 Å². The van der Waals surface area contributed by atoms with Crippen LogP contribution in [0.2, 0.25) is 0 Å². The molecular formula is C16H14O6. The lowest BCUT2D eigenvalue weighted by molar-refractivity contribution is -0.142. The molecule has 0 aliphatic carbocycles. The number of allylic oxidation sites excluding steroid dienone is 1. The molecule has 0 spiro atoms. The highest BCUT2D eigenvalue weighted by Crippen LogP contribution is 2.12. The molecule has 1 atom stereocenters. The highest BCUT2D eigenvalue weighted by molar-refractivity contribution is 5.89. The number of esters is 3. The van der Waals surface area contributed by atoms with Gasteiger partial charge in [-0.15, -0.1) is 0 Å². The fourth-order valence-electron chi connectivity index (χ4n) is 1.74. The van der Waals surface area contributed by atoms with Crippen molar-refractivity contribution in [3.63, 3.8) is 0 Å². The van der Waals surface area contributed by atoms with Gasteiger partial charge in [-0.1, -0.05) is 18.2 Å². The summed E-state index contributed by atoms with van der Waals surface area (Å²) in [6.07, 6.45) is 3.03. The van der Waals surface area contributed by atoms with Gasteiger partial charge in [0.05, 0.1) is 5.56 Å². The Hall–Kier alpha value is -2.89. The second-order valence-corrected chi connectivity index (χ2v) is 4.44. The van der Waals surface area contributed by atoms with E-state index < -0.39 is 24.0 Å². The summed E-state index contributed by atoms with van der Waals surface area (Å²) in [7, 11) is 0. The maximum Gasteiger partial charge on any atom is 0.338 e. The lowest BCUT2D eigenvalue weighted by Gasteiger charge is -2.13. The van der Waals surface area contributed by atoms with E-state index in [1.165, 1.54) is 19.1 Å². The molecule has 114 valence electrons. The van der Waals surface area contributed by atoms with E-state index in [1.807, 2.05) is 0 Å². The van der Waals surface area contributed by atoms with Crippen LogP contribution in [0.5, 0.6) is 0 Å². The number of hydrogen-bond donors (Lipinski definition) is 0. The molecule has 6 nitrogen and oxygen atoms in total. The Morgan fingerprint density at radius 2 is 1.91 bits per heavy atom. The van der Waals surface area contributed by atoms with Crippen LogP contribution in [0.25, 0.3) is 0 Å². The Morgan fingerprint density at radius 1 is 1.18 bits per heavy atom. The van der Waals surface area contributed by atoms with Gasteiger partial charge in [0, 0.05) is 19.1 Å². The van der Waals surface area contributed by atoms with Crippen LogP contribution < -0.4 is 0 Å². The van der Waals surface area contributed by atoms with Crippen LogP contribution in [0, 0.1) is 0 Å². The molecule has 1 aliphatic heterocycles. The molecule has 0 radical (unpaired) electrons. The van der Waals surface area contributed by atoms with Crippen molar-refractivity contribution in [1.29, 1.82) is 0 Å². The van der Waals surface area contributed by atoms with E-state index in [0.717, 1.165) is 6.08 Å². The summed E-state index contributed by atoms with van der Waals surface area (Å²) in [6, 6.07) is 8.44. The minimum absolute atomic E-state index is 0.166. The molecule has 22 heavy (non-hydrogen) atoms. The Bertz CT molecular complexity index is 629. The molecule has 0 N–H and O–H groups in total. The molecule has 1 aromatic rings. The lowest BCUT2D eigenvalue weighted by Crippen LogP contribution is -2.22. The van der Waals surface area contributed by atoms with Gasteiger partial charge in [-0.3, -0.25) is 4.79 Å². The van der Waals surface area contributed by atoms with E-state index in [9.17, 15) is 14.4 Å². The fraction of sp³-hybridized carbons (Fsp3) is 0.188. The first-order chi connectivity index (χ1) is 10.5. The van der Waals surface area contributed by atoms with E-state index >= 15 is 0 Å². The smallest absolute Gasteiger partial charge is 0.338 e. The number of cyclic esters (lactones) is 1. The minimum Gasteiger partial charge on any atom is -0.458 e. The minimum atomic E-state index is -0.829. The molecule has 0 fully saturated rings. The van der Waals surface area contributed by atoms with Crippen molar-refractivity contribution in [2.45, 2.75) is 13.0 Å². The largest absolute Gasteiger partial charge is 0.458 e. The van der Waals surface area contributed by atoms with Crippen molar-refractivity contribution in [2.75, 3.05) is 6.61 Å². The molecule has 2 rings (SSSR count). The van der Waals surface area contributed by atoms with Gasteiger partial charge in [0.25, 0.3) is 0 Å². The monoisotopic (exact) mass is 302 g/mol. The van der Waals surface area contributed by atoms with Crippen molar-refractivity contribution in [3.05, 3.63) is 59.9 Å². The first-order valence-corrected chi connectivity index (χ1v) is 6.55. The van der Waals surface area contributed by atoms with Gasteiger partial charge in [-0.2, -0.15) is 0 Å². The Kier molecular flexibility index (Phi) is 5.08. The van der Waals surface area contributed by atoms with Crippen LogP contribution in [0.4, 0.5) is 0 Å². The van der Waals surface area contributed by atoms with E-state index in [-0.39, 0.29) is 12.4 Å². The Morgan fingerprint density at radius 3 is 2.59 bits per heavy atom. The van der Waals surface area contributed by atoms with Gasteiger partial charge in [0.1, 0.15) is 12.4 Å².